The number of aromatic nitrogens is 1. The summed E-state index contributed by atoms with van der Waals surface area (Å²) in [6, 6.07) is 1.86. The number of thiazole rings is 1. The minimum absolute atomic E-state index is 0.105. The van der Waals surface area contributed by atoms with E-state index in [4.69, 9.17) is 4.74 Å². The van der Waals surface area contributed by atoms with Crippen LogP contribution in [0.15, 0.2) is 46.0 Å². The van der Waals surface area contributed by atoms with Crippen molar-refractivity contribution in [3.05, 3.63) is 63.3 Å². The smallest absolute Gasteiger partial charge is 0.338 e. The van der Waals surface area contributed by atoms with Crippen molar-refractivity contribution >= 4 is 33.2 Å². The lowest BCUT2D eigenvalue weighted by Crippen LogP contribution is -2.39. The van der Waals surface area contributed by atoms with Crippen LogP contribution in [0, 0.1) is 11.6 Å². The third-order valence-corrected chi connectivity index (χ3v) is 6.55. The molecule has 0 bridgehead atoms. The summed E-state index contributed by atoms with van der Waals surface area (Å²) in [5.74, 6) is -2.30. The summed E-state index contributed by atoms with van der Waals surface area (Å²) in [5, 5.41) is 2.31. The second-order valence-corrected chi connectivity index (χ2v) is 10.0. The number of ether oxygens (including phenoxy) is 1. The van der Waals surface area contributed by atoms with Gasteiger partial charge in [-0.05, 0) is 24.6 Å². The van der Waals surface area contributed by atoms with Gasteiger partial charge in [-0.3, -0.25) is 4.99 Å². The lowest BCUT2D eigenvalue weighted by atomic mass is 9.94. The summed E-state index contributed by atoms with van der Waals surface area (Å²) >= 11 is 1.32. The van der Waals surface area contributed by atoms with E-state index in [9.17, 15) is 22.0 Å². The maximum Gasteiger partial charge on any atom is 0.338 e. The van der Waals surface area contributed by atoms with Gasteiger partial charge in [0.1, 0.15) is 6.04 Å². The molecule has 0 spiro atoms. The van der Waals surface area contributed by atoms with Gasteiger partial charge in [-0.15, -0.1) is 11.3 Å². The number of nitrogens with zero attached hydrogens (tertiary/aromatic N) is 3. The van der Waals surface area contributed by atoms with E-state index >= 15 is 0 Å². The number of carbonyl (C=O) groups is 1. The Balaban J connectivity index is 1.88. The number of esters is 1. The lowest BCUT2D eigenvalue weighted by molar-refractivity contribution is -0.139. The molecule has 2 atom stereocenters. The zero-order valence-electron chi connectivity index (χ0n) is 17.2. The van der Waals surface area contributed by atoms with E-state index in [2.05, 4.69) is 14.7 Å². The molecule has 3 heterocycles. The first-order valence-corrected chi connectivity index (χ1v) is 12.5. The van der Waals surface area contributed by atoms with Crippen LogP contribution in [0.4, 0.5) is 8.78 Å². The van der Waals surface area contributed by atoms with Crippen molar-refractivity contribution in [2.75, 3.05) is 19.4 Å². The molecule has 1 N–H and O–H groups in total. The molecular weight excluding hydrogens is 462 g/mol. The number of hydrogen-bond acceptors (Lipinski definition) is 8. The summed E-state index contributed by atoms with van der Waals surface area (Å²) in [6.07, 6.45) is 2.86. The van der Waals surface area contributed by atoms with Crippen LogP contribution in [0.5, 0.6) is 0 Å². The summed E-state index contributed by atoms with van der Waals surface area (Å²) in [4.78, 5) is 23.7. The van der Waals surface area contributed by atoms with E-state index in [1.807, 2.05) is 0 Å². The van der Waals surface area contributed by atoms with Crippen LogP contribution in [0.1, 0.15) is 30.0 Å². The third-order valence-electron chi connectivity index (χ3n) is 5.02. The molecule has 32 heavy (non-hydrogen) atoms. The number of amidine groups is 1. The first-order valence-electron chi connectivity index (χ1n) is 9.75. The van der Waals surface area contributed by atoms with Gasteiger partial charge in [0.2, 0.25) is 10.0 Å². The Morgan fingerprint density at radius 2 is 2.12 bits per heavy atom. The Labute approximate surface area is 187 Å². The second kappa shape index (κ2) is 8.68. The predicted octanol–water partition coefficient (Wildman–Crippen LogP) is 2.36. The van der Waals surface area contributed by atoms with Crippen molar-refractivity contribution in [2.45, 2.75) is 25.4 Å². The molecule has 1 saturated heterocycles. The lowest BCUT2D eigenvalue weighted by Gasteiger charge is -2.31. The van der Waals surface area contributed by atoms with E-state index < -0.39 is 39.7 Å². The minimum Gasteiger partial charge on any atom is -0.463 e. The molecule has 4 rings (SSSR count). The molecule has 1 aromatic carbocycles. The highest BCUT2D eigenvalue weighted by Crippen LogP contribution is 2.41. The van der Waals surface area contributed by atoms with Crippen molar-refractivity contribution in [3.63, 3.8) is 0 Å². The fraction of sp³-hybridized carbons (Fsp3) is 0.350. The monoisotopic (exact) mass is 482 g/mol. The number of hydrogen-bond donors (Lipinski definition) is 1. The fourth-order valence-corrected chi connectivity index (χ4v) is 5.27. The molecule has 0 saturated carbocycles. The van der Waals surface area contributed by atoms with Crippen molar-refractivity contribution in [1.82, 2.24) is 14.6 Å². The quantitative estimate of drug-likeness (QED) is 0.635. The van der Waals surface area contributed by atoms with Gasteiger partial charge in [-0.2, -0.15) is 0 Å². The Hall–Kier alpha value is -2.70. The van der Waals surface area contributed by atoms with Crippen LogP contribution in [-0.4, -0.2) is 55.6 Å². The molecular formula is C20H20F2N4O4S2. The second-order valence-electron chi connectivity index (χ2n) is 7.35. The van der Waals surface area contributed by atoms with Crippen LogP contribution in [0.25, 0.3) is 0 Å². The number of fused-ring (bicyclic) bond motifs is 1. The minimum atomic E-state index is -3.51. The highest BCUT2D eigenvalue weighted by Gasteiger charge is 2.42. The fourth-order valence-electron chi connectivity index (χ4n) is 3.87. The SMILES string of the molecule is CCOC(=O)C1=C2C[C@H](NS(C)(=O)=O)CN2C(c2nccs2)=N[C@H]1c1ccc(F)c(F)c1. The van der Waals surface area contributed by atoms with E-state index in [0.29, 0.717) is 16.5 Å². The van der Waals surface area contributed by atoms with Crippen LogP contribution in [-0.2, 0) is 19.6 Å². The Kier molecular flexibility index (Phi) is 6.10. The van der Waals surface area contributed by atoms with E-state index in [1.54, 1.807) is 23.4 Å². The molecule has 2 aromatic rings. The van der Waals surface area contributed by atoms with Gasteiger partial charge in [0.05, 0.1) is 18.4 Å². The number of carbonyl (C=O) groups excluding carboxylic acids is 1. The van der Waals surface area contributed by atoms with Crippen molar-refractivity contribution in [2.24, 2.45) is 4.99 Å². The van der Waals surface area contributed by atoms with Gasteiger partial charge < -0.3 is 9.64 Å². The Morgan fingerprint density at radius 1 is 1.34 bits per heavy atom. The maximum atomic E-state index is 14.0. The first kappa shape index (κ1) is 22.5. The standard InChI is InChI=1S/C20H20F2N4O4S2/c1-3-30-20(27)16-15-9-12(25-32(2,28)29)10-26(15)18(19-23-6-7-31-19)24-17(16)11-4-5-13(21)14(22)8-11/h4-8,12,17,25H,3,9-10H2,1-2H3/t12-,17-/m0/s1. The highest BCUT2D eigenvalue weighted by atomic mass is 32.2. The maximum absolute atomic E-state index is 14.0. The summed E-state index contributed by atoms with van der Waals surface area (Å²) in [7, 11) is -3.51. The number of sulfonamides is 1. The molecule has 0 radical (unpaired) electrons. The number of rotatable bonds is 6. The molecule has 0 aliphatic carbocycles. The van der Waals surface area contributed by atoms with E-state index in [-0.39, 0.29) is 30.7 Å². The summed E-state index contributed by atoms with van der Waals surface area (Å²) < 4.78 is 59.1. The number of halogens is 2. The van der Waals surface area contributed by atoms with Crippen LogP contribution in [0.3, 0.4) is 0 Å². The zero-order valence-corrected chi connectivity index (χ0v) is 18.8. The number of aliphatic imine (C=N–C) groups is 1. The number of benzene rings is 1. The highest BCUT2D eigenvalue weighted by molar-refractivity contribution is 7.88. The molecule has 2 aliphatic rings. The zero-order chi connectivity index (χ0) is 23.0. The van der Waals surface area contributed by atoms with Gasteiger partial charge in [0.15, 0.2) is 22.5 Å². The van der Waals surface area contributed by atoms with Crippen LogP contribution < -0.4 is 4.72 Å². The van der Waals surface area contributed by atoms with Crippen molar-refractivity contribution in [1.29, 1.82) is 0 Å². The van der Waals surface area contributed by atoms with Gasteiger partial charge in [0.25, 0.3) is 0 Å². The number of nitrogens with one attached hydrogen (secondary N) is 1. The molecule has 1 aromatic heterocycles. The summed E-state index contributed by atoms with van der Waals surface area (Å²) in [6.45, 7) is 1.99. The van der Waals surface area contributed by atoms with E-state index in [1.165, 1.54) is 17.4 Å². The van der Waals surface area contributed by atoms with Gasteiger partial charge in [-0.25, -0.2) is 31.7 Å². The normalized spacial score (nSPS) is 20.9. The van der Waals surface area contributed by atoms with Crippen LogP contribution in [0.2, 0.25) is 0 Å². The molecule has 0 amide bonds. The largest absolute Gasteiger partial charge is 0.463 e. The predicted molar refractivity (Wildman–Crippen MR) is 114 cm³/mol. The summed E-state index contributed by atoms with van der Waals surface area (Å²) in [5.41, 5.74) is 0.947. The van der Waals surface area contributed by atoms with Gasteiger partial charge >= 0.3 is 5.97 Å². The molecule has 1 fully saturated rings. The first-order chi connectivity index (χ1) is 15.2. The van der Waals surface area contributed by atoms with Gasteiger partial charge in [-0.1, -0.05) is 6.07 Å². The average molecular weight is 483 g/mol. The average Bonchev–Trinajstić information content (AvgIpc) is 3.37. The molecule has 12 heteroatoms. The molecule has 0 unspecified atom stereocenters. The Bertz CT molecular complexity index is 1210. The van der Waals surface area contributed by atoms with Crippen LogP contribution >= 0.6 is 11.3 Å². The molecule has 2 aliphatic heterocycles. The molecule has 8 nitrogen and oxygen atoms in total. The van der Waals surface area contributed by atoms with Crippen molar-refractivity contribution in [3.8, 4) is 0 Å². The molecule has 170 valence electrons. The van der Waals surface area contributed by atoms with Gasteiger partial charge in [0, 0.05) is 36.3 Å². The topological polar surface area (TPSA) is 101 Å². The van der Waals surface area contributed by atoms with E-state index in [0.717, 1.165) is 18.4 Å². The third kappa shape index (κ3) is 4.43. The van der Waals surface area contributed by atoms with Crippen molar-refractivity contribution < 1.29 is 26.7 Å². The Morgan fingerprint density at radius 3 is 2.75 bits per heavy atom.